The Bertz CT molecular complexity index is 4050. The van der Waals surface area contributed by atoms with Crippen LogP contribution in [-0.4, -0.2) is 14.1 Å². The van der Waals surface area contributed by atoms with E-state index in [0.717, 1.165) is 66.2 Å². The van der Waals surface area contributed by atoms with Crippen LogP contribution in [0.5, 0.6) is 0 Å². The van der Waals surface area contributed by atoms with Gasteiger partial charge in [0.05, 0.1) is 50.8 Å². The molecule has 0 spiro atoms. The van der Waals surface area contributed by atoms with Gasteiger partial charge in [-0.15, -0.1) is 0 Å². The summed E-state index contributed by atoms with van der Waals surface area (Å²) in [4.78, 5) is 5.28. The Balaban J connectivity index is 1.12. The number of pyridine rings is 1. The Kier molecular flexibility index (Phi) is 10.7. The Morgan fingerprint density at radius 2 is 0.708 bits per heavy atom. The van der Waals surface area contributed by atoms with Gasteiger partial charge in [-0.05, 0) is 195 Å². The summed E-state index contributed by atoms with van der Waals surface area (Å²) >= 11 is 0. The van der Waals surface area contributed by atoms with E-state index in [-0.39, 0.29) is 0 Å². The van der Waals surface area contributed by atoms with Gasteiger partial charge in [-0.3, -0.25) is 4.98 Å². The average molecular weight is 927 g/mol. The van der Waals surface area contributed by atoms with Crippen LogP contribution in [0.3, 0.4) is 0 Å². The Hall–Kier alpha value is -8.78. The number of aryl methyl sites for hydroxylation is 8. The van der Waals surface area contributed by atoms with Gasteiger partial charge in [-0.2, -0.15) is 5.26 Å². The van der Waals surface area contributed by atoms with Gasteiger partial charge in [0.2, 0.25) is 0 Å². The number of benzene rings is 9. The summed E-state index contributed by atoms with van der Waals surface area (Å²) in [6, 6.07) is 67.2. The molecule has 12 aromatic rings. The number of nitriles is 1. The zero-order valence-corrected chi connectivity index (χ0v) is 42.1. The van der Waals surface area contributed by atoms with E-state index in [9.17, 15) is 5.26 Å². The molecule has 72 heavy (non-hydrogen) atoms. The molecule has 4 nitrogen and oxygen atoms in total. The minimum atomic E-state index is 0.552. The molecule has 0 unspecified atom stereocenters. The lowest BCUT2D eigenvalue weighted by Crippen LogP contribution is -2.04. The molecule has 0 amide bonds. The second-order valence-corrected chi connectivity index (χ2v) is 20.1. The maximum Gasteiger partial charge on any atom is 0.0999 e. The second kappa shape index (κ2) is 17.3. The van der Waals surface area contributed by atoms with Crippen molar-refractivity contribution in [1.29, 1.82) is 5.26 Å². The van der Waals surface area contributed by atoms with Gasteiger partial charge in [0, 0.05) is 33.3 Å². The van der Waals surface area contributed by atoms with E-state index in [1.807, 2.05) is 24.4 Å². The van der Waals surface area contributed by atoms with Gasteiger partial charge in [-0.1, -0.05) is 125 Å². The van der Waals surface area contributed by atoms with Gasteiger partial charge in [0.25, 0.3) is 0 Å². The number of rotatable bonds is 7. The number of hydrogen-bond acceptors (Lipinski definition) is 2. The molecule has 4 heteroatoms. The molecule has 3 aromatic heterocycles. The van der Waals surface area contributed by atoms with Crippen molar-refractivity contribution in [2.75, 3.05) is 0 Å². The highest BCUT2D eigenvalue weighted by atomic mass is 15.0. The van der Waals surface area contributed by atoms with E-state index in [0.29, 0.717) is 5.56 Å². The van der Waals surface area contributed by atoms with E-state index in [1.165, 1.54) is 89.0 Å². The maximum absolute atomic E-state index is 11.2. The highest BCUT2D eigenvalue weighted by molar-refractivity contribution is 6.14. The van der Waals surface area contributed by atoms with Gasteiger partial charge in [-0.25, -0.2) is 0 Å². The molecule has 3 heterocycles. The van der Waals surface area contributed by atoms with Crippen molar-refractivity contribution in [2.45, 2.75) is 55.4 Å². The number of fused-ring (bicyclic) bond motifs is 6. The van der Waals surface area contributed by atoms with Crippen molar-refractivity contribution in [3.8, 4) is 73.2 Å². The SMILES string of the molecule is Cc1ccc(-c2ccc3c(c2)c2cc(-c4ccc(C)cc4C)ccc2n3-c2cccnc2-c2c(C#N)cccc2-n2c3ccc(-c4ccc(C)cc4C)cc3c3cc(-c4ccc(C)cc4C)ccc32)c(C)c1. The molecule has 0 atom stereocenters. The highest BCUT2D eigenvalue weighted by Crippen LogP contribution is 2.45. The topological polar surface area (TPSA) is 46.5 Å². The standard InChI is InChI=1S/C68H54N4/c1-40-14-22-53(44(5)31-40)48-18-26-61-57(35-48)58-36-49(54-23-15-41(2)32-45(54)6)19-27-62(58)71(61)65-12-9-11-52(39-69)67(65)68-66(13-10-30-70-68)72-63-28-20-50(55-24-16-42(3)33-46(55)7)37-59(63)60-38-51(21-29-64(60)72)56-25-17-43(4)34-47(56)8/h9-38H,1-8H3. The molecule has 0 fully saturated rings. The second-order valence-electron chi connectivity index (χ2n) is 20.1. The van der Waals surface area contributed by atoms with Crippen LogP contribution in [0.2, 0.25) is 0 Å². The van der Waals surface area contributed by atoms with Crippen LogP contribution >= 0.6 is 0 Å². The minimum absolute atomic E-state index is 0.552. The Morgan fingerprint density at radius 1 is 0.361 bits per heavy atom. The zero-order valence-electron chi connectivity index (χ0n) is 42.1. The monoisotopic (exact) mass is 926 g/mol. The molecule has 0 radical (unpaired) electrons. The minimum Gasteiger partial charge on any atom is -0.309 e. The first kappa shape index (κ1) is 44.4. The van der Waals surface area contributed by atoms with Crippen molar-refractivity contribution in [3.05, 3.63) is 232 Å². The van der Waals surface area contributed by atoms with Crippen LogP contribution in [0.4, 0.5) is 0 Å². The summed E-state index contributed by atoms with van der Waals surface area (Å²) in [5.74, 6) is 0. The summed E-state index contributed by atoms with van der Waals surface area (Å²) in [5, 5.41) is 15.8. The van der Waals surface area contributed by atoms with Crippen molar-refractivity contribution in [3.63, 3.8) is 0 Å². The highest BCUT2D eigenvalue weighted by Gasteiger charge is 2.25. The molecule has 0 bridgehead atoms. The molecule has 0 saturated heterocycles. The molecule has 9 aromatic carbocycles. The maximum atomic E-state index is 11.2. The molecular weight excluding hydrogens is 873 g/mol. The third-order valence-corrected chi connectivity index (χ3v) is 15.0. The van der Waals surface area contributed by atoms with E-state index in [2.05, 4.69) is 228 Å². The van der Waals surface area contributed by atoms with Crippen molar-refractivity contribution in [1.82, 2.24) is 14.1 Å². The van der Waals surface area contributed by atoms with E-state index in [1.54, 1.807) is 0 Å². The average Bonchev–Trinajstić information content (AvgIpc) is 3.87. The van der Waals surface area contributed by atoms with Gasteiger partial charge < -0.3 is 9.13 Å². The smallest absolute Gasteiger partial charge is 0.0999 e. The molecule has 0 N–H and O–H groups in total. The molecule has 346 valence electrons. The normalized spacial score (nSPS) is 11.6. The van der Waals surface area contributed by atoms with Crippen molar-refractivity contribution < 1.29 is 0 Å². The first-order valence-corrected chi connectivity index (χ1v) is 24.9. The lowest BCUT2D eigenvalue weighted by molar-refractivity contribution is 1.12. The van der Waals surface area contributed by atoms with Crippen LogP contribution < -0.4 is 0 Å². The lowest BCUT2D eigenvalue weighted by atomic mass is 9.95. The predicted octanol–water partition coefficient (Wildman–Crippen LogP) is 17.9. The number of hydrogen-bond donors (Lipinski definition) is 0. The summed E-state index contributed by atoms with van der Waals surface area (Å²) in [5.41, 5.74) is 27.6. The van der Waals surface area contributed by atoms with Crippen molar-refractivity contribution >= 4 is 43.6 Å². The van der Waals surface area contributed by atoms with E-state index in [4.69, 9.17) is 4.98 Å². The first-order valence-electron chi connectivity index (χ1n) is 24.9. The molecule has 0 aliphatic carbocycles. The molecule has 12 rings (SSSR count). The summed E-state index contributed by atoms with van der Waals surface area (Å²) < 4.78 is 4.72. The lowest BCUT2D eigenvalue weighted by Gasteiger charge is -2.19. The molecule has 0 aliphatic rings. The van der Waals surface area contributed by atoms with Gasteiger partial charge in [0.15, 0.2) is 0 Å². The van der Waals surface area contributed by atoms with Crippen LogP contribution in [-0.2, 0) is 0 Å². The molecule has 0 aliphatic heterocycles. The van der Waals surface area contributed by atoms with E-state index < -0.39 is 0 Å². The zero-order chi connectivity index (χ0) is 49.5. The van der Waals surface area contributed by atoms with Gasteiger partial charge in [0.1, 0.15) is 0 Å². The van der Waals surface area contributed by atoms with Crippen molar-refractivity contribution in [2.24, 2.45) is 0 Å². The fourth-order valence-electron chi connectivity index (χ4n) is 11.6. The van der Waals surface area contributed by atoms with Crippen LogP contribution in [0.25, 0.3) is 111 Å². The Morgan fingerprint density at radius 3 is 1.06 bits per heavy atom. The third-order valence-electron chi connectivity index (χ3n) is 15.0. The van der Waals surface area contributed by atoms with Gasteiger partial charge >= 0.3 is 0 Å². The fraction of sp³-hybridized carbons (Fsp3) is 0.118. The summed E-state index contributed by atoms with van der Waals surface area (Å²) in [7, 11) is 0. The van der Waals surface area contributed by atoms with Crippen LogP contribution in [0, 0.1) is 66.7 Å². The van der Waals surface area contributed by atoms with Crippen LogP contribution in [0.15, 0.2) is 182 Å². The quantitative estimate of drug-likeness (QED) is 0.160. The number of nitrogens with zero attached hydrogens (tertiary/aromatic N) is 4. The van der Waals surface area contributed by atoms with E-state index >= 15 is 0 Å². The third kappa shape index (κ3) is 7.31. The molecule has 0 saturated carbocycles. The predicted molar refractivity (Wildman–Crippen MR) is 303 cm³/mol. The largest absolute Gasteiger partial charge is 0.309 e. The first-order chi connectivity index (χ1) is 34.9. The number of aromatic nitrogens is 3. The van der Waals surface area contributed by atoms with Crippen LogP contribution in [0.1, 0.15) is 50.1 Å². The Labute approximate surface area is 421 Å². The molecular formula is C68H54N4. The fourth-order valence-corrected chi connectivity index (χ4v) is 11.6. The summed E-state index contributed by atoms with van der Waals surface area (Å²) in [6.07, 6.45) is 1.86. The summed E-state index contributed by atoms with van der Waals surface area (Å²) in [6.45, 7) is 17.4.